The molecule has 1 amide bonds. The Kier molecular flexibility index (Phi) is 5.85. The Morgan fingerprint density at radius 1 is 1.24 bits per heavy atom. The van der Waals surface area contributed by atoms with E-state index < -0.39 is 0 Å². The molecule has 1 saturated heterocycles. The normalized spacial score (nSPS) is 18.3. The van der Waals surface area contributed by atoms with Gasteiger partial charge in [-0.2, -0.15) is 0 Å². The summed E-state index contributed by atoms with van der Waals surface area (Å²) in [5.74, 6) is 1.34. The van der Waals surface area contributed by atoms with Crippen molar-refractivity contribution in [2.75, 3.05) is 39.2 Å². The summed E-state index contributed by atoms with van der Waals surface area (Å²) < 4.78 is 16.4. The number of fused-ring (bicyclic) bond motifs is 1. The zero-order chi connectivity index (χ0) is 20.2. The van der Waals surface area contributed by atoms with E-state index in [0.29, 0.717) is 24.5 Å². The maximum Gasteiger partial charge on any atom is 0.272 e. The minimum atomic E-state index is -0.0637. The molecular formula is C22H27N3O4. The van der Waals surface area contributed by atoms with Gasteiger partial charge in [-0.1, -0.05) is 0 Å². The van der Waals surface area contributed by atoms with Crippen LogP contribution in [0, 0.1) is 0 Å². The van der Waals surface area contributed by atoms with Gasteiger partial charge >= 0.3 is 0 Å². The number of nitrogens with zero attached hydrogens (tertiary/aromatic N) is 2. The maximum atomic E-state index is 13.1. The fourth-order valence-corrected chi connectivity index (χ4v) is 3.91. The molecule has 1 aromatic carbocycles. The smallest absolute Gasteiger partial charge is 0.272 e. The van der Waals surface area contributed by atoms with Crippen LogP contribution in [0.2, 0.25) is 0 Å². The first-order valence-corrected chi connectivity index (χ1v) is 10.0. The van der Waals surface area contributed by atoms with Gasteiger partial charge in [-0.05, 0) is 54.7 Å². The summed E-state index contributed by atoms with van der Waals surface area (Å²) in [6.07, 6.45) is 4.88. The summed E-state index contributed by atoms with van der Waals surface area (Å²) in [5.41, 5.74) is 3.61. The van der Waals surface area contributed by atoms with Gasteiger partial charge in [0.2, 0.25) is 0 Å². The van der Waals surface area contributed by atoms with Gasteiger partial charge in [-0.15, -0.1) is 0 Å². The molecule has 1 N–H and O–H groups in total. The summed E-state index contributed by atoms with van der Waals surface area (Å²) in [4.78, 5) is 19.2. The molecule has 0 aliphatic carbocycles. The van der Waals surface area contributed by atoms with Crippen LogP contribution in [0.25, 0.3) is 0 Å². The topological polar surface area (TPSA) is 72.9 Å². The Balaban J connectivity index is 1.45. The molecule has 1 atom stereocenters. The van der Waals surface area contributed by atoms with Gasteiger partial charge in [0, 0.05) is 38.1 Å². The van der Waals surface area contributed by atoms with E-state index in [2.05, 4.69) is 10.3 Å². The highest BCUT2D eigenvalue weighted by atomic mass is 16.5. The standard InChI is InChI=1S/C22H27N3O4/c1-27-20-10-15-6-8-25(14-16(15)11-21(20)28-2)22(26)19-12-17(5-7-23-19)24-13-18-4-3-9-29-18/h5,7,10-12,18H,3-4,6,8-9,13-14H2,1-2H3,(H,23,24). The number of hydrogen-bond acceptors (Lipinski definition) is 6. The van der Waals surface area contributed by atoms with Crippen molar-refractivity contribution in [2.45, 2.75) is 31.9 Å². The zero-order valence-electron chi connectivity index (χ0n) is 16.9. The third-order valence-electron chi connectivity index (χ3n) is 5.54. The minimum absolute atomic E-state index is 0.0637. The lowest BCUT2D eigenvalue weighted by Crippen LogP contribution is -2.36. The van der Waals surface area contributed by atoms with Crippen LogP contribution in [-0.2, 0) is 17.7 Å². The first kappa shape index (κ1) is 19.5. The monoisotopic (exact) mass is 397 g/mol. The molecule has 4 rings (SSSR count). The van der Waals surface area contributed by atoms with Crippen molar-refractivity contribution in [1.29, 1.82) is 0 Å². The SMILES string of the molecule is COc1cc2c(cc1OC)CN(C(=O)c1cc(NCC3CCCO3)ccn1)CC2. The summed E-state index contributed by atoms with van der Waals surface area (Å²) >= 11 is 0. The van der Waals surface area contributed by atoms with E-state index in [1.807, 2.05) is 29.2 Å². The summed E-state index contributed by atoms with van der Waals surface area (Å²) in [5, 5.41) is 3.36. The van der Waals surface area contributed by atoms with Crippen molar-refractivity contribution in [3.63, 3.8) is 0 Å². The van der Waals surface area contributed by atoms with Crippen LogP contribution >= 0.6 is 0 Å². The molecule has 7 nitrogen and oxygen atoms in total. The van der Waals surface area contributed by atoms with E-state index in [4.69, 9.17) is 14.2 Å². The largest absolute Gasteiger partial charge is 0.493 e. The molecule has 7 heteroatoms. The van der Waals surface area contributed by atoms with Crippen molar-refractivity contribution in [1.82, 2.24) is 9.88 Å². The molecule has 3 heterocycles. The highest BCUT2D eigenvalue weighted by molar-refractivity contribution is 5.93. The highest BCUT2D eigenvalue weighted by Crippen LogP contribution is 2.33. The van der Waals surface area contributed by atoms with E-state index >= 15 is 0 Å². The van der Waals surface area contributed by atoms with Crippen molar-refractivity contribution >= 4 is 11.6 Å². The number of carbonyl (C=O) groups excluding carboxylic acids is 1. The van der Waals surface area contributed by atoms with Gasteiger partial charge in [0.25, 0.3) is 5.91 Å². The number of carbonyl (C=O) groups is 1. The number of methoxy groups -OCH3 is 2. The summed E-state index contributed by atoms with van der Waals surface area (Å²) in [7, 11) is 3.25. The van der Waals surface area contributed by atoms with Crippen molar-refractivity contribution in [3.8, 4) is 11.5 Å². The molecule has 29 heavy (non-hydrogen) atoms. The Morgan fingerprint density at radius 2 is 2.03 bits per heavy atom. The summed E-state index contributed by atoms with van der Waals surface area (Å²) in [6.45, 7) is 2.76. The quantitative estimate of drug-likeness (QED) is 0.808. The van der Waals surface area contributed by atoms with E-state index in [0.717, 1.165) is 49.4 Å². The van der Waals surface area contributed by atoms with Gasteiger partial charge < -0.3 is 24.4 Å². The number of nitrogens with one attached hydrogen (secondary N) is 1. The fourth-order valence-electron chi connectivity index (χ4n) is 3.91. The lowest BCUT2D eigenvalue weighted by atomic mass is 9.98. The van der Waals surface area contributed by atoms with Gasteiger partial charge in [0.05, 0.1) is 20.3 Å². The van der Waals surface area contributed by atoms with Gasteiger partial charge in [-0.25, -0.2) is 0 Å². The number of rotatable bonds is 6. The Bertz CT molecular complexity index is 880. The minimum Gasteiger partial charge on any atom is -0.493 e. The van der Waals surface area contributed by atoms with Crippen LogP contribution in [0.15, 0.2) is 30.5 Å². The summed E-state index contributed by atoms with van der Waals surface area (Å²) in [6, 6.07) is 7.67. The third kappa shape index (κ3) is 4.29. The Hall–Kier alpha value is -2.80. The Labute approximate surface area is 171 Å². The fraction of sp³-hybridized carbons (Fsp3) is 0.455. The van der Waals surface area contributed by atoms with Crippen LogP contribution in [0.1, 0.15) is 34.5 Å². The third-order valence-corrected chi connectivity index (χ3v) is 5.54. The number of ether oxygens (including phenoxy) is 3. The first-order chi connectivity index (χ1) is 14.2. The molecule has 2 aromatic rings. The van der Waals surface area contributed by atoms with Crippen LogP contribution in [0.5, 0.6) is 11.5 Å². The van der Waals surface area contributed by atoms with Crippen LogP contribution in [0.3, 0.4) is 0 Å². The van der Waals surface area contributed by atoms with Crippen LogP contribution in [-0.4, -0.2) is 55.8 Å². The molecular weight excluding hydrogens is 370 g/mol. The van der Waals surface area contributed by atoms with Crippen molar-refractivity contribution in [3.05, 3.63) is 47.3 Å². The van der Waals surface area contributed by atoms with Gasteiger partial charge in [0.15, 0.2) is 11.5 Å². The number of hydrogen-bond donors (Lipinski definition) is 1. The van der Waals surface area contributed by atoms with E-state index in [1.54, 1.807) is 20.4 Å². The van der Waals surface area contributed by atoms with Crippen molar-refractivity contribution < 1.29 is 19.0 Å². The second kappa shape index (κ2) is 8.69. The molecule has 2 aliphatic heterocycles. The average Bonchev–Trinajstić information content (AvgIpc) is 3.29. The molecule has 1 unspecified atom stereocenters. The number of aromatic nitrogens is 1. The second-order valence-corrected chi connectivity index (χ2v) is 7.40. The molecule has 154 valence electrons. The Morgan fingerprint density at radius 3 is 2.76 bits per heavy atom. The molecule has 0 bridgehead atoms. The molecule has 0 radical (unpaired) electrons. The predicted molar refractivity (Wildman–Crippen MR) is 110 cm³/mol. The lowest BCUT2D eigenvalue weighted by molar-refractivity contribution is 0.0728. The number of anilines is 1. The number of amides is 1. The second-order valence-electron chi connectivity index (χ2n) is 7.40. The van der Waals surface area contributed by atoms with E-state index in [1.165, 1.54) is 5.56 Å². The lowest BCUT2D eigenvalue weighted by Gasteiger charge is -2.29. The number of benzene rings is 1. The van der Waals surface area contributed by atoms with Crippen molar-refractivity contribution in [2.24, 2.45) is 0 Å². The molecule has 0 spiro atoms. The molecule has 2 aliphatic rings. The number of pyridine rings is 1. The molecule has 1 aromatic heterocycles. The molecule has 1 fully saturated rings. The maximum absolute atomic E-state index is 13.1. The van der Waals surface area contributed by atoms with Gasteiger partial charge in [0.1, 0.15) is 5.69 Å². The molecule has 0 saturated carbocycles. The van der Waals surface area contributed by atoms with E-state index in [9.17, 15) is 4.79 Å². The van der Waals surface area contributed by atoms with E-state index in [-0.39, 0.29) is 12.0 Å². The first-order valence-electron chi connectivity index (χ1n) is 10.0. The highest BCUT2D eigenvalue weighted by Gasteiger charge is 2.24. The average molecular weight is 397 g/mol. The zero-order valence-corrected chi connectivity index (χ0v) is 16.9. The van der Waals surface area contributed by atoms with Crippen LogP contribution < -0.4 is 14.8 Å². The van der Waals surface area contributed by atoms with Crippen LogP contribution in [0.4, 0.5) is 5.69 Å². The van der Waals surface area contributed by atoms with Gasteiger partial charge in [-0.3, -0.25) is 9.78 Å². The predicted octanol–water partition coefficient (Wildman–Crippen LogP) is 2.89.